The van der Waals surface area contributed by atoms with Crippen LogP contribution in [0.15, 0.2) is 61.2 Å². The predicted octanol–water partition coefficient (Wildman–Crippen LogP) is 2.70. The van der Waals surface area contributed by atoms with Crippen LogP contribution >= 0.6 is 15.2 Å². The number of pyridine rings is 2. The van der Waals surface area contributed by atoms with Crippen molar-refractivity contribution in [3.8, 4) is 12.1 Å². The third-order valence-electron chi connectivity index (χ3n) is 5.51. The van der Waals surface area contributed by atoms with Gasteiger partial charge < -0.3 is 19.6 Å². The fourth-order valence-electron chi connectivity index (χ4n) is 3.42. The summed E-state index contributed by atoms with van der Waals surface area (Å²) in [6.07, 6.45) is 13.4. The summed E-state index contributed by atoms with van der Waals surface area (Å²) in [6, 6.07) is 14.7. The van der Waals surface area contributed by atoms with Crippen LogP contribution in [0.5, 0.6) is 0 Å². The van der Waals surface area contributed by atoms with Crippen molar-refractivity contribution in [2.24, 2.45) is 0 Å². The van der Waals surface area contributed by atoms with Crippen molar-refractivity contribution >= 4 is 39.5 Å². The molecular weight excluding hydrogens is 526 g/mol. The smallest absolute Gasteiger partial charge is 0.324 e. The molecule has 3 aromatic rings. The standard InChI is InChI=1S/C26H24N4O6P2/c27-19-25-18-24(4-2-22-7-11-30(12-8-22)14-16-38(34,35)36)26(20-28)17-23(25)3-1-21-5-9-29(10-6-21)13-15-37(31,32)33/h1-12,17-18H,13-16H2,(H2-2,31,32,33,34,35,36)/p+2/b3-1+,4-2+. The highest BCUT2D eigenvalue weighted by Gasteiger charge is 2.16. The molecule has 0 aliphatic rings. The topological polar surface area (TPSA) is 170 Å². The molecular formula is C26H26N4O6P2+2. The molecule has 4 N–H and O–H groups in total. The highest BCUT2D eigenvalue weighted by atomic mass is 31.2. The summed E-state index contributed by atoms with van der Waals surface area (Å²) in [5.41, 5.74) is 3.54. The molecule has 0 saturated carbocycles. The summed E-state index contributed by atoms with van der Waals surface area (Å²) in [7, 11) is -8.14. The lowest BCUT2D eigenvalue weighted by molar-refractivity contribution is -0.693. The molecule has 12 heteroatoms. The third kappa shape index (κ3) is 9.30. The van der Waals surface area contributed by atoms with Crippen LogP contribution < -0.4 is 9.13 Å². The lowest BCUT2D eigenvalue weighted by atomic mass is 9.98. The Kier molecular flexibility index (Phi) is 9.63. The largest absolute Gasteiger partial charge is 0.331 e. The maximum atomic E-state index is 11.0. The zero-order chi connectivity index (χ0) is 27.8. The third-order valence-corrected chi connectivity index (χ3v) is 7.07. The van der Waals surface area contributed by atoms with Crippen molar-refractivity contribution in [3.05, 3.63) is 94.6 Å². The van der Waals surface area contributed by atoms with Gasteiger partial charge >= 0.3 is 15.2 Å². The predicted molar refractivity (Wildman–Crippen MR) is 141 cm³/mol. The molecule has 0 aliphatic heterocycles. The zero-order valence-electron chi connectivity index (χ0n) is 20.2. The molecule has 38 heavy (non-hydrogen) atoms. The van der Waals surface area contributed by atoms with Gasteiger partial charge in [-0.1, -0.05) is 24.3 Å². The first kappa shape index (κ1) is 28.8. The molecule has 0 unspecified atom stereocenters. The number of aryl methyl sites for hydroxylation is 2. The maximum absolute atomic E-state index is 11.0. The van der Waals surface area contributed by atoms with Crippen molar-refractivity contribution in [1.29, 1.82) is 10.5 Å². The number of nitriles is 2. The quantitative estimate of drug-likeness (QED) is 0.220. The molecule has 0 aliphatic carbocycles. The van der Waals surface area contributed by atoms with E-state index in [1.54, 1.807) is 94.6 Å². The van der Waals surface area contributed by atoms with Crippen LogP contribution in [0.3, 0.4) is 0 Å². The van der Waals surface area contributed by atoms with E-state index in [0.29, 0.717) is 22.3 Å². The second-order valence-corrected chi connectivity index (χ2v) is 12.0. The van der Waals surface area contributed by atoms with E-state index in [-0.39, 0.29) is 25.4 Å². The van der Waals surface area contributed by atoms with Gasteiger partial charge in [0.05, 0.1) is 23.3 Å². The fourth-order valence-corrected chi connectivity index (χ4v) is 4.41. The Hall–Kier alpha value is -3.72. The van der Waals surface area contributed by atoms with Gasteiger partial charge in [-0.15, -0.1) is 0 Å². The van der Waals surface area contributed by atoms with Crippen LogP contribution in [0, 0.1) is 22.7 Å². The normalized spacial score (nSPS) is 12.1. The molecule has 194 valence electrons. The minimum absolute atomic E-state index is 0.187. The van der Waals surface area contributed by atoms with Crippen LogP contribution in [-0.2, 0) is 22.2 Å². The van der Waals surface area contributed by atoms with E-state index in [2.05, 4.69) is 12.1 Å². The van der Waals surface area contributed by atoms with Gasteiger partial charge in [0.15, 0.2) is 37.9 Å². The Morgan fingerprint density at radius 1 is 0.658 bits per heavy atom. The molecule has 0 radical (unpaired) electrons. The van der Waals surface area contributed by atoms with Crippen molar-refractivity contribution < 1.29 is 37.8 Å². The SMILES string of the molecule is N#Cc1cc(/C=C/c2cc[n+](CCP(=O)(O)O)cc2)c(C#N)cc1/C=C/c1cc[n+](CCP(=O)(O)O)cc1. The Balaban J connectivity index is 1.75. The summed E-state index contributed by atoms with van der Waals surface area (Å²) >= 11 is 0. The van der Waals surface area contributed by atoms with E-state index < -0.39 is 15.2 Å². The summed E-state index contributed by atoms with van der Waals surface area (Å²) in [6.45, 7) is 0.375. The molecule has 0 saturated heterocycles. The number of nitrogens with zero attached hydrogens (tertiary/aromatic N) is 4. The molecule has 3 rings (SSSR count). The minimum Gasteiger partial charge on any atom is -0.324 e. The second kappa shape index (κ2) is 12.7. The van der Waals surface area contributed by atoms with Crippen LogP contribution in [0.25, 0.3) is 24.3 Å². The van der Waals surface area contributed by atoms with E-state index in [0.717, 1.165) is 11.1 Å². The van der Waals surface area contributed by atoms with Gasteiger partial charge in [0.1, 0.15) is 12.3 Å². The van der Waals surface area contributed by atoms with Gasteiger partial charge in [-0.3, -0.25) is 9.13 Å². The number of hydrogen-bond acceptors (Lipinski definition) is 4. The molecule has 0 fully saturated rings. The van der Waals surface area contributed by atoms with Crippen molar-refractivity contribution in [2.75, 3.05) is 12.3 Å². The lowest BCUT2D eigenvalue weighted by Gasteiger charge is -2.04. The molecule has 10 nitrogen and oxygen atoms in total. The lowest BCUT2D eigenvalue weighted by Crippen LogP contribution is -2.34. The number of hydrogen-bond donors (Lipinski definition) is 4. The molecule has 2 aromatic heterocycles. The Labute approximate surface area is 220 Å². The van der Waals surface area contributed by atoms with Crippen LogP contribution in [0.1, 0.15) is 33.4 Å². The van der Waals surface area contributed by atoms with E-state index in [4.69, 9.17) is 19.6 Å². The molecule has 0 amide bonds. The highest BCUT2D eigenvalue weighted by molar-refractivity contribution is 7.51. The van der Waals surface area contributed by atoms with Gasteiger partial charge in [-0.25, -0.2) is 9.13 Å². The average Bonchev–Trinajstić information content (AvgIpc) is 2.88. The van der Waals surface area contributed by atoms with Crippen LogP contribution in [-0.4, -0.2) is 31.9 Å². The molecule has 0 atom stereocenters. The second-order valence-electron chi connectivity index (χ2n) is 8.43. The first-order valence-electron chi connectivity index (χ1n) is 11.4. The molecule has 0 bridgehead atoms. The number of benzene rings is 1. The molecule has 1 aromatic carbocycles. The van der Waals surface area contributed by atoms with Gasteiger partial charge in [0.2, 0.25) is 0 Å². The average molecular weight is 552 g/mol. The Morgan fingerprint density at radius 3 is 1.29 bits per heavy atom. The van der Waals surface area contributed by atoms with E-state index in [1.165, 1.54) is 0 Å². The Morgan fingerprint density at radius 2 is 1.00 bits per heavy atom. The summed E-state index contributed by atoms with van der Waals surface area (Å²) in [5.74, 6) is 0. The van der Waals surface area contributed by atoms with Gasteiger partial charge in [0.25, 0.3) is 0 Å². The number of aromatic nitrogens is 2. The van der Waals surface area contributed by atoms with Gasteiger partial charge in [-0.2, -0.15) is 10.5 Å². The van der Waals surface area contributed by atoms with Crippen molar-refractivity contribution in [1.82, 2.24) is 0 Å². The van der Waals surface area contributed by atoms with E-state index >= 15 is 0 Å². The molecule has 0 spiro atoms. The summed E-state index contributed by atoms with van der Waals surface area (Å²) in [4.78, 5) is 36.0. The monoisotopic (exact) mass is 552 g/mol. The fraction of sp³-hybridized carbons (Fsp3) is 0.154. The summed E-state index contributed by atoms with van der Waals surface area (Å²) in [5, 5.41) is 19.3. The molecule has 2 heterocycles. The zero-order valence-corrected chi connectivity index (χ0v) is 22.0. The van der Waals surface area contributed by atoms with Gasteiger partial charge in [-0.05, 0) is 34.4 Å². The minimum atomic E-state index is -4.07. The van der Waals surface area contributed by atoms with E-state index in [9.17, 15) is 19.7 Å². The van der Waals surface area contributed by atoms with Crippen LogP contribution in [0.4, 0.5) is 0 Å². The van der Waals surface area contributed by atoms with E-state index in [1.807, 2.05) is 0 Å². The van der Waals surface area contributed by atoms with Gasteiger partial charge in [0, 0.05) is 24.3 Å². The highest BCUT2D eigenvalue weighted by Crippen LogP contribution is 2.33. The summed E-state index contributed by atoms with van der Waals surface area (Å²) < 4.78 is 25.4. The van der Waals surface area contributed by atoms with Crippen LogP contribution in [0.2, 0.25) is 0 Å². The van der Waals surface area contributed by atoms with Crippen molar-refractivity contribution in [3.63, 3.8) is 0 Å². The first-order chi connectivity index (χ1) is 18.0. The number of rotatable bonds is 10. The van der Waals surface area contributed by atoms with Crippen molar-refractivity contribution in [2.45, 2.75) is 13.1 Å². The maximum Gasteiger partial charge on any atom is 0.331 e. The Bertz CT molecular complexity index is 1410. The first-order valence-corrected chi connectivity index (χ1v) is 15.0.